The van der Waals surface area contributed by atoms with Gasteiger partial charge in [0.2, 0.25) is 0 Å². The number of aryl methyl sites for hydroxylation is 1. The molecule has 1 N–H and O–H groups in total. The summed E-state index contributed by atoms with van der Waals surface area (Å²) in [6.45, 7) is 0. The zero-order chi connectivity index (χ0) is 26.5. The highest BCUT2D eigenvalue weighted by Gasteiger charge is 2.20. The Kier molecular flexibility index (Phi) is 7.28. The topological polar surface area (TPSA) is 103 Å². The lowest BCUT2D eigenvalue weighted by Crippen LogP contribution is -2.15. The molecule has 0 aliphatic rings. The van der Waals surface area contributed by atoms with Crippen molar-refractivity contribution in [3.05, 3.63) is 119 Å². The normalized spacial score (nSPS) is 10.8. The summed E-state index contributed by atoms with van der Waals surface area (Å²) < 4.78 is 15.8. The molecule has 1 amide bonds. The molecular formula is C28H20ClFN6O2. The second kappa shape index (κ2) is 11.1. The number of hydrogen-bond donors (Lipinski definition) is 1. The number of ketones is 1. The minimum Gasteiger partial charge on any atom is -0.306 e. The lowest BCUT2D eigenvalue weighted by atomic mass is 10.1. The van der Waals surface area contributed by atoms with Crippen LogP contribution in [0.25, 0.3) is 16.9 Å². The maximum atomic E-state index is 14.3. The van der Waals surface area contributed by atoms with Gasteiger partial charge in [0.15, 0.2) is 5.78 Å². The number of amides is 1. The monoisotopic (exact) mass is 526 g/mol. The van der Waals surface area contributed by atoms with Gasteiger partial charge in [-0.15, -0.1) is 0 Å². The van der Waals surface area contributed by atoms with Gasteiger partial charge in [-0.2, -0.15) is 5.10 Å². The number of halogens is 2. The number of anilines is 1. The molecule has 0 fully saturated rings. The van der Waals surface area contributed by atoms with E-state index in [1.54, 1.807) is 36.7 Å². The fourth-order valence-electron chi connectivity index (χ4n) is 3.81. The number of Topliss-reactive ketones (excluding diaryl/α,β-unsaturated/α-hetero) is 1. The Morgan fingerprint density at radius 3 is 2.42 bits per heavy atom. The summed E-state index contributed by atoms with van der Waals surface area (Å²) in [4.78, 5) is 38.6. The standard InChI is InChI=1S/C28H20ClFN6O2/c29-21-10-9-18(27-22(30)8-4-13-33-27)16-20(21)28(38)34-26-17-23(35-36(26)19-6-2-1-3-7-19)24(37)11-12-25-31-14-5-15-32-25/h1-10,13-17H,11-12H2,(H,34,38). The van der Waals surface area contributed by atoms with E-state index in [4.69, 9.17) is 11.6 Å². The van der Waals surface area contributed by atoms with E-state index < -0.39 is 11.7 Å². The van der Waals surface area contributed by atoms with Crippen molar-refractivity contribution in [1.29, 1.82) is 0 Å². The van der Waals surface area contributed by atoms with Crippen LogP contribution in [0.3, 0.4) is 0 Å². The molecule has 3 aromatic heterocycles. The molecule has 38 heavy (non-hydrogen) atoms. The van der Waals surface area contributed by atoms with Crippen molar-refractivity contribution >= 4 is 29.1 Å². The van der Waals surface area contributed by atoms with E-state index in [9.17, 15) is 14.0 Å². The van der Waals surface area contributed by atoms with Crippen molar-refractivity contribution in [1.82, 2.24) is 24.7 Å². The van der Waals surface area contributed by atoms with Gasteiger partial charge in [-0.1, -0.05) is 35.9 Å². The Labute approximate surface area is 222 Å². The van der Waals surface area contributed by atoms with Crippen LogP contribution in [-0.4, -0.2) is 36.4 Å². The van der Waals surface area contributed by atoms with Crippen molar-refractivity contribution in [3.63, 3.8) is 0 Å². The summed E-state index contributed by atoms with van der Waals surface area (Å²) in [5.41, 5.74) is 1.43. The number of nitrogens with one attached hydrogen (secondary N) is 1. The van der Waals surface area contributed by atoms with Crippen LogP contribution in [0, 0.1) is 5.82 Å². The lowest BCUT2D eigenvalue weighted by Gasteiger charge is -2.11. The molecule has 0 saturated heterocycles. The van der Waals surface area contributed by atoms with E-state index in [1.807, 2.05) is 18.2 Å². The van der Waals surface area contributed by atoms with Crippen LogP contribution in [-0.2, 0) is 6.42 Å². The molecule has 10 heteroatoms. The molecule has 0 unspecified atom stereocenters. The van der Waals surface area contributed by atoms with Crippen molar-refractivity contribution in [2.75, 3.05) is 5.32 Å². The first-order valence-electron chi connectivity index (χ1n) is 11.7. The number of carbonyl (C=O) groups excluding carboxylic acids is 2. The molecule has 5 aromatic rings. The Hall–Kier alpha value is -4.76. The van der Waals surface area contributed by atoms with Gasteiger partial charge in [0.1, 0.15) is 28.8 Å². The van der Waals surface area contributed by atoms with Gasteiger partial charge >= 0.3 is 0 Å². The van der Waals surface area contributed by atoms with Crippen molar-refractivity contribution in [2.45, 2.75) is 12.8 Å². The molecule has 5 rings (SSSR count). The first kappa shape index (κ1) is 24.9. The van der Waals surface area contributed by atoms with E-state index in [1.165, 1.54) is 41.2 Å². The predicted molar refractivity (Wildman–Crippen MR) is 141 cm³/mol. The molecule has 3 heterocycles. The number of hydrogen-bond acceptors (Lipinski definition) is 6. The van der Waals surface area contributed by atoms with E-state index >= 15 is 0 Å². The molecule has 0 atom stereocenters. The quantitative estimate of drug-likeness (QED) is 0.265. The smallest absolute Gasteiger partial charge is 0.258 e. The molecule has 8 nitrogen and oxygen atoms in total. The number of rotatable bonds is 8. The fraction of sp³-hybridized carbons (Fsp3) is 0.0714. The van der Waals surface area contributed by atoms with Gasteiger partial charge in [-0.05, 0) is 42.5 Å². The average Bonchev–Trinajstić information content (AvgIpc) is 3.37. The van der Waals surface area contributed by atoms with Crippen molar-refractivity contribution in [2.24, 2.45) is 0 Å². The molecule has 0 bridgehead atoms. The SMILES string of the molecule is O=C(CCc1ncccn1)c1cc(NC(=O)c2cc(-c3ncccc3F)ccc2Cl)n(-c2ccccc2)n1. The van der Waals surface area contributed by atoms with Crippen LogP contribution < -0.4 is 5.32 Å². The van der Waals surface area contributed by atoms with E-state index in [0.29, 0.717) is 23.5 Å². The third kappa shape index (κ3) is 5.47. The van der Waals surface area contributed by atoms with Crippen LogP contribution in [0.1, 0.15) is 33.1 Å². The Balaban J connectivity index is 1.44. The summed E-state index contributed by atoms with van der Waals surface area (Å²) in [5, 5.41) is 7.43. The van der Waals surface area contributed by atoms with E-state index in [0.717, 1.165) is 0 Å². The van der Waals surface area contributed by atoms with Gasteiger partial charge in [0.05, 0.1) is 16.3 Å². The second-order valence-electron chi connectivity index (χ2n) is 8.23. The number of nitrogens with zero attached hydrogens (tertiary/aromatic N) is 5. The number of carbonyl (C=O) groups is 2. The van der Waals surface area contributed by atoms with E-state index in [-0.39, 0.29) is 40.0 Å². The third-order valence-electron chi connectivity index (χ3n) is 5.68. The summed E-state index contributed by atoms with van der Waals surface area (Å²) in [7, 11) is 0. The zero-order valence-electron chi connectivity index (χ0n) is 19.9. The number of pyridine rings is 1. The third-order valence-corrected chi connectivity index (χ3v) is 6.00. The van der Waals surface area contributed by atoms with Crippen LogP contribution in [0.5, 0.6) is 0 Å². The molecule has 0 saturated carbocycles. The predicted octanol–water partition coefficient (Wildman–Crippen LogP) is 5.58. The molecule has 0 aliphatic carbocycles. The maximum Gasteiger partial charge on any atom is 0.258 e. The highest BCUT2D eigenvalue weighted by atomic mass is 35.5. The Morgan fingerprint density at radius 2 is 1.66 bits per heavy atom. The minimum atomic E-state index is -0.554. The van der Waals surface area contributed by atoms with Crippen molar-refractivity contribution < 1.29 is 14.0 Å². The summed E-state index contributed by atoms with van der Waals surface area (Å²) >= 11 is 6.33. The molecular weight excluding hydrogens is 507 g/mol. The number of para-hydroxylation sites is 1. The van der Waals surface area contributed by atoms with Gasteiger partial charge in [0.25, 0.3) is 5.91 Å². The van der Waals surface area contributed by atoms with Crippen LogP contribution in [0.15, 0.2) is 91.4 Å². The average molecular weight is 527 g/mol. The molecule has 0 aliphatic heterocycles. The maximum absolute atomic E-state index is 14.3. The highest BCUT2D eigenvalue weighted by molar-refractivity contribution is 6.34. The highest BCUT2D eigenvalue weighted by Crippen LogP contribution is 2.27. The summed E-state index contributed by atoms with van der Waals surface area (Å²) in [6, 6.07) is 19.6. The van der Waals surface area contributed by atoms with E-state index in [2.05, 4.69) is 25.4 Å². The van der Waals surface area contributed by atoms with Crippen molar-refractivity contribution in [3.8, 4) is 16.9 Å². The number of benzene rings is 2. The molecule has 0 spiro atoms. The summed E-state index contributed by atoms with van der Waals surface area (Å²) in [6.07, 6.45) is 5.20. The van der Waals surface area contributed by atoms with Crippen LogP contribution in [0.2, 0.25) is 5.02 Å². The van der Waals surface area contributed by atoms with Gasteiger partial charge in [0, 0.05) is 43.1 Å². The van der Waals surface area contributed by atoms with Crippen LogP contribution in [0.4, 0.5) is 10.2 Å². The lowest BCUT2D eigenvalue weighted by molar-refractivity contribution is 0.0975. The first-order chi connectivity index (χ1) is 18.5. The molecule has 188 valence electrons. The Bertz CT molecular complexity index is 1610. The molecule has 2 aromatic carbocycles. The second-order valence-corrected chi connectivity index (χ2v) is 8.64. The number of aromatic nitrogens is 5. The summed E-state index contributed by atoms with van der Waals surface area (Å²) in [5.74, 6) is -0.482. The molecule has 0 radical (unpaired) electrons. The Morgan fingerprint density at radius 1 is 0.895 bits per heavy atom. The van der Waals surface area contributed by atoms with Gasteiger partial charge in [-0.3, -0.25) is 14.6 Å². The minimum absolute atomic E-state index is 0.0998. The fourth-order valence-corrected chi connectivity index (χ4v) is 4.02. The zero-order valence-corrected chi connectivity index (χ0v) is 20.6. The first-order valence-corrected chi connectivity index (χ1v) is 12.0. The largest absolute Gasteiger partial charge is 0.306 e. The van der Waals surface area contributed by atoms with Crippen LogP contribution >= 0.6 is 11.6 Å². The van der Waals surface area contributed by atoms with Gasteiger partial charge in [-0.25, -0.2) is 19.0 Å². The van der Waals surface area contributed by atoms with Gasteiger partial charge < -0.3 is 5.32 Å².